The van der Waals surface area contributed by atoms with E-state index in [2.05, 4.69) is 41.3 Å². The molecule has 0 bridgehead atoms. The van der Waals surface area contributed by atoms with Crippen LogP contribution in [-0.4, -0.2) is 30.0 Å². The number of nitriles is 1. The second-order valence-electron chi connectivity index (χ2n) is 29.0. The molecule has 1 saturated heterocycles. The molecule has 4 heteroatoms. The van der Waals surface area contributed by atoms with Gasteiger partial charge in [0.05, 0.1) is 16.5 Å². The Labute approximate surface area is 448 Å². The topological polar surface area (TPSA) is 56.5 Å². The number of benzene rings is 20. The normalized spacial score (nSPS) is 23.1. The molecule has 1 aliphatic heterocycles. The Morgan fingerprint density at radius 3 is 0.939 bits per heavy atom. The zero-order valence-electron chi connectivity index (χ0n) is 42.1. The van der Waals surface area contributed by atoms with E-state index in [0.29, 0.717) is 16.8 Å². The molecule has 0 amide bonds. The molecule has 0 radical (unpaired) electrons. The molecule has 2 spiro atoms. The number of carbonyl (C=O) groups is 1. The monoisotopic (exact) mass is 1010 g/mol. The molecule has 0 N–H and O–H groups in total. The summed E-state index contributed by atoms with van der Waals surface area (Å²) in [6.45, 7) is 0.891. The lowest BCUT2D eigenvalue weighted by molar-refractivity contribution is 0.103. The number of likely N-dealkylation sites (N-methyl/N-ethyl adjacent to an activating group) is 1. The SMILES string of the molecule is CN1CC23c4c5c6c7c8c9c(c%10c%11c2c2c4c4c%12c5c5c6c6c8c8c%13c9c9c%10c%10c%11c%11c2c2c4c4c%12c%12c5c5c6c8c6c8c%13c9c9c%10c%10c%11c2c2c4c4c%12c5c6c5c8c9c%10c2c45)C73C1c1ccc2c(c1)C(=O)c1ccccc1C2=NC#N. The summed E-state index contributed by atoms with van der Waals surface area (Å²) < 4.78 is 0. The van der Waals surface area contributed by atoms with Crippen LogP contribution in [-0.2, 0) is 10.8 Å². The summed E-state index contributed by atoms with van der Waals surface area (Å²) in [5, 5.41) is 97.0. The molecule has 82 heavy (non-hydrogen) atoms. The molecule has 6 aliphatic rings. The van der Waals surface area contributed by atoms with E-state index in [0.717, 1.165) is 17.7 Å². The highest BCUT2D eigenvalue weighted by atomic mass is 16.1. The van der Waals surface area contributed by atoms with Crippen LogP contribution in [0.25, 0.3) is 291 Å². The van der Waals surface area contributed by atoms with Gasteiger partial charge in [0.25, 0.3) is 0 Å². The smallest absolute Gasteiger partial charge is 0.206 e. The molecule has 30 aromatic carbocycles. The Hall–Kier alpha value is -10.3. The van der Waals surface area contributed by atoms with E-state index in [1.54, 1.807) is 313 Å². The second-order valence-corrected chi connectivity index (χ2v) is 29.0. The van der Waals surface area contributed by atoms with E-state index in [1.807, 2.05) is 24.3 Å². The summed E-state index contributed by atoms with van der Waals surface area (Å²) in [6.07, 6.45) is 2.16. The Kier molecular flexibility index (Phi) is 2.97. The van der Waals surface area contributed by atoms with Gasteiger partial charge >= 0.3 is 0 Å². The van der Waals surface area contributed by atoms with Gasteiger partial charge in [-0.05, 0) is 332 Å². The van der Waals surface area contributed by atoms with Crippen molar-refractivity contribution in [2.45, 2.75) is 16.9 Å². The molecular weight excluding hydrogens is 995 g/mol. The molecule has 1 fully saturated rings. The Bertz CT molecular complexity index is 8150. The van der Waals surface area contributed by atoms with E-state index < -0.39 is 10.8 Å². The largest absolute Gasteiger partial charge is 0.297 e. The number of hydrogen-bond acceptors (Lipinski definition) is 4. The third-order valence-corrected chi connectivity index (χ3v) is 28.4. The van der Waals surface area contributed by atoms with Gasteiger partial charge in [0, 0.05) is 34.8 Å². The molecule has 0 aromatic heterocycles. The number of rotatable bonds is 1. The molecule has 5 aliphatic carbocycles. The average molecular weight is 1010 g/mol. The lowest BCUT2D eigenvalue weighted by atomic mass is 9.47. The number of likely N-dealkylation sites (tertiary alicyclic amines) is 1. The Morgan fingerprint density at radius 2 is 0.634 bits per heavy atom. The van der Waals surface area contributed by atoms with Crippen LogP contribution in [0.1, 0.15) is 60.9 Å². The third-order valence-electron chi connectivity index (χ3n) is 28.4. The number of aliphatic imine (C=N–C) groups is 1. The van der Waals surface area contributed by atoms with Crippen molar-refractivity contribution in [3.63, 3.8) is 0 Å². The Balaban J connectivity index is 0.978. The lowest BCUT2D eigenvalue weighted by Gasteiger charge is -2.52. The number of fused-ring (bicyclic) bond motifs is 2. The number of carbonyl (C=O) groups excluding carboxylic acids is 1. The molecule has 30 aromatic rings. The average Bonchev–Trinajstić information content (AvgIpc) is 1.39. The Morgan fingerprint density at radius 1 is 0.366 bits per heavy atom. The van der Waals surface area contributed by atoms with Gasteiger partial charge in [-0.2, -0.15) is 10.3 Å². The highest BCUT2D eigenvalue weighted by molar-refractivity contribution is 6.82. The van der Waals surface area contributed by atoms with Gasteiger partial charge in [-0.15, -0.1) is 0 Å². The maximum atomic E-state index is 15.4. The lowest BCUT2D eigenvalue weighted by Crippen LogP contribution is -2.52. The van der Waals surface area contributed by atoms with Crippen molar-refractivity contribution in [1.82, 2.24) is 4.90 Å². The van der Waals surface area contributed by atoms with Gasteiger partial charge in [0.1, 0.15) is 0 Å². The maximum Gasteiger partial charge on any atom is 0.206 e. The van der Waals surface area contributed by atoms with E-state index in [9.17, 15) is 5.26 Å². The summed E-state index contributed by atoms with van der Waals surface area (Å²) in [7, 11) is 2.48. The van der Waals surface area contributed by atoms with E-state index >= 15 is 4.79 Å². The maximum absolute atomic E-state index is 15.4. The zero-order valence-corrected chi connectivity index (χ0v) is 42.1. The fourth-order valence-electron chi connectivity index (χ4n) is 28.0. The van der Waals surface area contributed by atoms with Crippen LogP contribution in [0.2, 0.25) is 0 Å². The zero-order chi connectivity index (χ0) is 49.8. The van der Waals surface area contributed by atoms with Gasteiger partial charge in [-0.3, -0.25) is 9.69 Å². The molecule has 4 nitrogen and oxygen atoms in total. The quantitative estimate of drug-likeness (QED) is 0.122. The van der Waals surface area contributed by atoms with Crippen LogP contribution in [0.4, 0.5) is 0 Å². The van der Waals surface area contributed by atoms with E-state index in [4.69, 9.17) is 0 Å². The summed E-state index contributed by atoms with van der Waals surface area (Å²) in [6, 6.07) is 14.6. The molecule has 1 unspecified atom stereocenters. The number of hydrogen-bond donors (Lipinski definition) is 0. The number of ketones is 1. The standard InChI is InChI=1S/C78H13N3O/c1-81-9-77-70-62-54-44-34-26-18-16-17-20-24-22(18)30-38-32(24)42-36-28(20)29-21(17)25-23-19(16)27(26)35-41-31(23)39-33(25)43-37(29)47-46(36)58-52(42)60-50(38)56(48(54)40(30)34)64(70)66(60)72-68(58)69-59(47)53(43)61-51(39)57-49(41)55(45(35)44)63(62)71(77)65(57)67(61)73(69)78(72,77)76(81)11-6-7-13-15(8-11)75(82)14-5-3-2-4-12(14)74(13)80-10-79/h2-8,76H,9H2,1H3. The van der Waals surface area contributed by atoms with Crippen LogP contribution in [0.15, 0.2) is 47.5 Å². The van der Waals surface area contributed by atoms with Crippen molar-refractivity contribution < 1.29 is 4.79 Å². The predicted molar refractivity (Wildman–Crippen MR) is 337 cm³/mol. The predicted octanol–water partition coefficient (Wildman–Crippen LogP) is 18.8. The van der Waals surface area contributed by atoms with Crippen molar-refractivity contribution in [3.8, 4) is 6.19 Å². The minimum absolute atomic E-state index is 0.0259. The van der Waals surface area contributed by atoms with Crippen LogP contribution >= 0.6 is 0 Å². The third kappa shape index (κ3) is 1.82. The van der Waals surface area contributed by atoms with Crippen LogP contribution in [0.5, 0.6) is 0 Å². The first-order valence-electron chi connectivity index (χ1n) is 29.9. The van der Waals surface area contributed by atoms with Crippen molar-refractivity contribution in [2.24, 2.45) is 4.99 Å². The van der Waals surface area contributed by atoms with Crippen LogP contribution in [0.3, 0.4) is 0 Å². The van der Waals surface area contributed by atoms with E-state index in [1.165, 1.54) is 5.56 Å². The van der Waals surface area contributed by atoms with Crippen molar-refractivity contribution >= 4 is 302 Å². The summed E-state index contributed by atoms with van der Waals surface area (Å²) in [4.78, 5) is 22.7. The van der Waals surface area contributed by atoms with Gasteiger partial charge in [0.15, 0.2) is 5.78 Å². The molecule has 0 saturated carbocycles. The van der Waals surface area contributed by atoms with Gasteiger partial charge in [-0.25, -0.2) is 0 Å². The molecular formula is C78H13N3O. The van der Waals surface area contributed by atoms with Gasteiger partial charge in [0.2, 0.25) is 6.19 Å². The first-order chi connectivity index (χ1) is 40.7. The van der Waals surface area contributed by atoms with Crippen LogP contribution < -0.4 is 0 Å². The minimum Gasteiger partial charge on any atom is -0.297 e. The fourth-order valence-corrected chi connectivity index (χ4v) is 28.0. The van der Waals surface area contributed by atoms with Gasteiger partial charge in [-0.1, -0.05) is 36.4 Å². The van der Waals surface area contributed by atoms with Gasteiger partial charge < -0.3 is 0 Å². The summed E-state index contributed by atoms with van der Waals surface area (Å²) in [5.41, 5.74) is 10.3. The van der Waals surface area contributed by atoms with Crippen molar-refractivity contribution in [3.05, 3.63) is 92.5 Å². The summed E-state index contributed by atoms with van der Waals surface area (Å²) >= 11 is 0. The first-order valence-corrected chi connectivity index (χ1v) is 29.9. The van der Waals surface area contributed by atoms with Crippen molar-refractivity contribution in [1.29, 1.82) is 5.26 Å². The molecule has 346 valence electrons. The molecule has 1 atom stereocenters. The fraction of sp³-hybridized carbons (Fsp3) is 0.0641. The van der Waals surface area contributed by atoms with Crippen molar-refractivity contribution in [2.75, 3.05) is 13.6 Å². The van der Waals surface area contributed by atoms with E-state index in [-0.39, 0.29) is 11.8 Å². The molecule has 36 rings (SSSR count). The molecule has 1 heterocycles. The highest BCUT2D eigenvalue weighted by Crippen LogP contribution is 2.87. The second kappa shape index (κ2) is 7.59. The summed E-state index contributed by atoms with van der Waals surface area (Å²) in [5.74, 6) is 0.0259. The first kappa shape index (κ1) is 32.1. The minimum atomic E-state index is -0.541. The van der Waals surface area contributed by atoms with Crippen LogP contribution in [0, 0.1) is 11.5 Å². The highest BCUT2D eigenvalue weighted by Gasteiger charge is 2.76. The number of nitrogens with zero attached hydrogens (tertiary/aromatic N) is 3.